The fraction of sp³-hybridized carbons (Fsp3) is 0.0508. The lowest BCUT2D eigenvalue weighted by Crippen LogP contribution is -2.33. The second kappa shape index (κ2) is 14.7. The second-order valence-corrected chi connectivity index (χ2v) is 16.4. The number of hydrogen-bond donors (Lipinski definition) is 0. The van der Waals surface area contributed by atoms with Crippen molar-refractivity contribution in [2.24, 2.45) is 0 Å². The second-order valence-electron chi connectivity index (χ2n) is 16.4. The summed E-state index contributed by atoms with van der Waals surface area (Å²) in [4.78, 5) is 10.6. The molecule has 0 fully saturated rings. The van der Waals surface area contributed by atoms with Gasteiger partial charge in [0.15, 0.2) is 5.82 Å². The molecule has 62 heavy (non-hydrogen) atoms. The number of ether oxygens (including phenoxy) is 1. The summed E-state index contributed by atoms with van der Waals surface area (Å²) < 4.78 is 6.89. The molecule has 2 aliphatic carbocycles. The lowest BCUT2D eigenvalue weighted by atomic mass is 9.64. The Hall–Kier alpha value is -7.88. The van der Waals surface area contributed by atoms with E-state index in [-0.39, 0.29) is 0 Å². The van der Waals surface area contributed by atoms with Crippen LogP contribution < -0.4 is 4.74 Å². The van der Waals surface area contributed by atoms with Crippen LogP contribution in [0.1, 0.15) is 35.1 Å². The van der Waals surface area contributed by atoms with E-state index >= 15 is 0 Å². The maximum atomic E-state index is 6.89. The Morgan fingerprint density at radius 3 is 1.60 bits per heavy atom. The predicted octanol–water partition coefficient (Wildman–Crippen LogP) is 15.0. The summed E-state index contributed by atoms with van der Waals surface area (Å²) >= 11 is 0. The van der Waals surface area contributed by atoms with Crippen LogP contribution in [0.4, 0.5) is 0 Å². The lowest BCUT2D eigenvalue weighted by Gasteiger charge is -2.41. The minimum Gasteiger partial charge on any atom is -0.457 e. The van der Waals surface area contributed by atoms with Crippen molar-refractivity contribution in [2.45, 2.75) is 18.3 Å². The maximum absolute atomic E-state index is 6.89. The van der Waals surface area contributed by atoms with Crippen LogP contribution in [0, 0.1) is 0 Å². The normalized spacial score (nSPS) is 15.7. The first-order valence-electron chi connectivity index (χ1n) is 21.4. The number of nitrogens with zero attached hydrogens (tertiary/aromatic N) is 2. The zero-order valence-corrected chi connectivity index (χ0v) is 34.0. The SMILES string of the molecule is C1=CC2=C(CC1)C1(c3ccccc3Oc3cc(-c4cccc(-c5cc(-c6cccc(-c7ccccc7)c6)nc(-c6cccc(-c7ccccc7)c6)n5)c4)ccc31)c1ccccc12. The van der Waals surface area contributed by atoms with Crippen molar-refractivity contribution in [1.82, 2.24) is 9.97 Å². The Morgan fingerprint density at radius 2 is 0.903 bits per heavy atom. The number of aromatic nitrogens is 2. The van der Waals surface area contributed by atoms with Crippen molar-refractivity contribution in [2.75, 3.05) is 0 Å². The Bertz CT molecular complexity index is 3170. The average Bonchev–Trinajstić information content (AvgIpc) is 3.65. The van der Waals surface area contributed by atoms with Gasteiger partial charge in [0.05, 0.1) is 16.8 Å². The largest absolute Gasteiger partial charge is 0.457 e. The number of rotatable bonds is 6. The molecule has 0 bridgehead atoms. The van der Waals surface area contributed by atoms with Crippen LogP contribution in [0.3, 0.4) is 0 Å². The van der Waals surface area contributed by atoms with Gasteiger partial charge in [-0.3, -0.25) is 0 Å². The summed E-state index contributed by atoms with van der Waals surface area (Å²) in [6, 6.07) is 73.5. The smallest absolute Gasteiger partial charge is 0.160 e. The van der Waals surface area contributed by atoms with Crippen LogP contribution in [0.2, 0.25) is 0 Å². The van der Waals surface area contributed by atoms with E-state index in [0.29, 0.717) is 5.82 Å². The van der Waals surface area contributed by atoms with Gasteiger partial charge in [-0.05, 0) is 105 Å². The standard InChI is InChI=1S/C59H40N2O/c1-3-16-39(17-4-1)41-20-13-23-45(34-41)54-38-55(61-58(60-54)47-25-15-21-42(36-47)40-18-5-2-6-19-40)46-24-14-22-43(35-46)44-32-33-53-57(37-44)62-56-31-12-11-30-52(56)59(53)50-28-9-7-26-48(50)49-27-8-10-29-51(49)59/h1-9,11-28,30-38H,10,29H2. The van der Waals surface area contributed by atoms with Crippen molar-refractivity contribution in [3.63, 3.8) is 0 Å². The minimum atomic E-state index is -0.412. The van der Waals surface area contributed by atoms with Gasteiger partial charge in [-0.25, -0.2) is 9.97 Å². The molecule has 1 atom stereocenters. The molecule has 292 valence electrons. The van der Waals surface area contributed by atoms with E-state index in [1.54, 1.807) is 0 Å². The molecule has 8 aromatic carbocycles. The maximum Gasteiger partial charge on any atom is 0.160 e. The molecule has 3 aliphatic rings. The molecule has 3 heteroatoms. The first-order valence-corrected chi connectivity index (χ1v) is 21.4. The van der Waals surface area contributed by atoms with Crippen LogP contribution >= 0.6 is 0 Å². The fourth-order valence-electron chi connectivity index (χ4n) is 10.0. The number of hydrogen-bond acceptors (Lipinski definition) is 3. The van der Waals surface area contributed by atoms with Gasteiger partial charge in [0, 0.05) is 27.8 Å². The van der Waals surface area contributed by atoms with Crippen LogP contribution in [0.5, 0.6) is 11.5 Å². The summed E-state index contributed by atoms with van der Waals surface area (Å²) in [5.74, 6) is 2.49. The van der Waals surface area contributed by atoms with E-state index in [2.05, 4.69) is 212 Å². The zero-order valence-electron chi connectivity index (χ0n) is 34.0. The molecule has 3 nitrogen and oxygen atoms in total. The van der Waals surface area contributed by atoms with Gasteiger partial charge in [-0.2, -0.15) is 0 Å². The fourth-order valence-corrected chi connectivity index (χ4v) is 10.0. The molecule has 1 aromatic heterocycles. The summed E-state index contributed by atoms with van der Waals surface area (Å²) in [6.45, 7) is 0. The molecule has 0 N–H and O–H groups in total. The number of para-hydroxylation sites is 1. The van der Waals surface area contributed by atoms with E-state index in [1.165, 1.54) is 39.0 Å². The van der Waals surface area contributed by atoms with E-state index in [0.717, 1.165) is 80.2 Å². The van der Waals surface area contributed by atoms with Gasteiger partial charge in [-0.1, -0.05) is 182 Å². The molecule has 1 aliphatic heterocycles. The number of benzene rings is 8. The number of allylic oxidation sites excluding steroid dienone is 4. The van der Waals surface area contributed by atoms with Crippen molar-refractivity contribution >= 4 is 5.57 Å². The lowest BCUT2D eigenvalue weighted by molar-refractivity contribution is 0.432. The highest BCUT2D eigenvalue weighted by molar-refractivity contribution is 5.92. The molecule has 0 saturated heterocycles. The molecule has 0 saturated carbocycles. The zero-order chi connectivity index (χ0) is 41.0. The third-order valence-corrected chi connectivity index (χ3v) is 12.9. The van der Waals surface area contributed by atoms with E-state index < -0.39 is 5.41 Å². The summed E-state index contributed by atoms with van der Waals surface area (Å²) in [5, 5.41) is 0. The van der Waals surface area contributed by atoms with E-state index in [1.807, 2.05) is 6.07 Å². The Balaban J connectivity index is 0.987. The molecule has 9 aromatic rings. The molecule has 1 unspecified atom stereocenters. The number of fused-ring (bicyclic) bond motifs is 8. The first-order chi connectivity index (χ1) is 30.7. The van der Waals surface area contributed by atoms with Crippen LogP contribution in [-0.4, -0.2) is 9.97 Å². The van der Waals surface area contributed by atoms with Gasteiger partial charge in [0.1, 0.15) is 11.5 Å². The third kappa shape index (κ3) is 5.89. The topological polar surface area (TPSA) is 35.0 Å². The molecule has 0 amide bonds. The first kappa shape index (κ1) is 36.0. The molecule has 2 heterocycles. The highest BCUT2D eigenvalue weighted by Crippen LogP contribution is 2.63. The molecule has 12 rings (SSSR count). The van der Waals surface area contributed by atoms with Gasteiger partial charge in [0.25, 0.3) is 0 Å². The highest BCUT2D eigenvalue weighted by Gasteiger charge is 2.51. The average molecular weight is 793 g/mol. The molecule has 1 spiro atoms. The quantitative estimate of drug-likeness (QED) is 0.168. The van der Waals surface area contributed by atoms with Crippen molar-refractivity contribution < 1.29 is 4.74 Å². The Kier molecular flexibility index (Phi) is 8.53. The van der Waals surface area contributed by atoms with Crippen LogP contribution in [-0.2, 0) is 5.41 Å². The molecular weight excluding hydrogens is 753 g/mol. The molecular formula is C59H40N2O. The van der Waals surface area contributed by atoms with E-state index in [9.17, 15) is 0 Å². The Labute approximate surface area is 362 Å². The third-order valence-electron chi connectivity index (χ3n) is 12.9. The highest BCUT2D eigenvalue weighted by atomic mass is 16.5. The van der Waals surface area contributed by atoms with Gasteiger partial charge >= 0.3 is 0 Å². The monoisotopic (exact) mass is 792 g/mol. The Morgan fingerprint density at radius 1 is 0.387 bits per heavy atom. The summed E-state index contributed by atoms with van der Waals surface area (Å²) in [6.07, 6.45) is 6.70. The van der Waals surface area contributed by atoms with Crippen LogP contribution in [0.25, 0.3) is 72.9 Å². The van der Waals surface area contributed by atoms with Gasteiger partial charge in [-0.15, -0.1) is 0 Å². The summed E-state index contributed by atoms with van der Waals surface area (Å²) in [7, 11) is 0. The summed E-state index contributed by atoms with van der Waals surface area (Å²) in [5.41, 5.74) is 19.0. The van der Waals surface area contributed by atoms with Crippen molar-refractivity contribution in [3.05, 3.63) is 246 Å². The van der Waals surface area contributed by atoms with Crippen molar-refractivity contribution in [1.29, 1.82) is 0 Å². The van der Waals surface area contributed by atoms with Crippen molar-refractivity contribution in [3.8, 4) is 78.8 Å². The van der Waals surface area contributed by atoms with Crippen LogP contribution in [0.15, 0.2) is 224 Å². The molecule has 0 radical (unpaired) electrons. The predicted molar refractivity (Wildman–Crippen MR) is 253 cm³/mol. The van der Waals surface area contributed by atoms with E-state index in [4.69, 9.17) is 14.7 Å². The minimum absolute atomic E-state index is 0.412. The van der Waals surface area contributed by atoms with Gasteiger partial charge < -0.3 is 4.74 Å². The van der Waals surface area contributed by atoms with Gasteiger partial charge in [0.2, 0.25) is 0 Å².